The number of halogens is 3. The van der Waals surface area contributed by atoms with Gasteiger partial charge in [0.2, 0.25) is 5.78 Å². The second kappa shape index (κ2) is 35.4. The highest BCUT2D eigenvalue weighted by Crippen LogP contribution is 2.71. The number of rotatable bonds is 14. The number of piperidine rings is 3. The number of ketones is 1. The number of amides is 3. The summed E-state index contributed by atoms with van der Waals surface area (Å²) >= 11 is 18.6. The van der Waals surface area contributed by atoms with Crippen molar-refractivity contribution in [2.75, 3.05) is 85.5 Å². The third-order valence-electron chi connectivity index (χ3n) is 18.8. The number of likely N-dealkylation sites (tertiary alicyclic amines) is 3. The van der Waals surface area contributed by atoms with Crippen LogP contribution in [0.2, 0.25) is 15.1 Å². The first-order valence-electron chi connectivity index (χ1n) is 34.5. The Kier molecular flexibility index (Phi) is 27.4. The molecule has 3 aromatic carbocycles. The quantitative estimate of drug-likeness (QED) is 0.0788. The fraction of sp³-hybridized carbons (Fsp3) is 0.473. The van der Waals surface area contributed by atoms with E-state index in [9.17, 15) is 33.4 Å². The van der Waals surface area contributed by atoms with Gasteiger partial charge in [-0.3, -0.25) is 28.9 Å². The molecule has 3 fully saturated rings. The van der Waals surface area contributed by atoms with E-state index in [-0.39, 0.29) is 69.4 Å². The summed E-state index contributed by atoms with van der Waals surface area (Å²) in [5, 5.41) is 13.7. The van der Waals surface area contributed by atoms with E-state index in [0.29, 0.717) is 105 Å². The minimum absolute atomic E-state index is 0.00441. The van der Waals surface area contributed by atoms with Gasteiger partial charge in [0.15, 0.2) is 0 Å². The van der Waals surface area contributed by atoms with Gasteiger partial charge in [-0.15, -0.1) is 0 Å². The molecule has 1 unspecified atom stereocenters. The molecule has 0 radical (unpaired) electrons. The van der Waals surface area contributed by atoms with E-state index in [0.717, 1.165) is 77.1 Å². The van der Waals surface area contributed by atoms with Crippen LogP contribution in [0, 0.1) is 0 Å². The van der Waals surface area contributed by atoms with Crippen LogP contribution in [0.3, 0.4) is 0 Å². The van der Waals surface area contributed by atoms with Crippen molar-refractivity contribution < 1.29 is 65.7 Å². The highest BCUT2D eigenvalue weighted by molar-refractivity contribution is 7.55. The molecule has 1 N–H and O–H groups in total. The smallest absolute Gasteiger partial charge is 0.409 e. The predicted octanol–water partition coefficient (Wildman–Crippen LogP) is 16.2. The number of pyridine rings is 3. The number of aliphatic hydroxyl groups is 1. The van der Waals surface area contributed by atoms with E-state index >= 15 is 0 Å². The van der Waals surface area contributed by atoms with E-state index in [4.69, 9.17) is 72.1 Å². The molecule has 99 heavy (non-hydrogen) atoms. The Labute approximate surface area is 596 Å². The molecule has 20 nitrogen and oxygen atoms in total. The molecule has 0 bridgehead atoms. The highest BCUT2D eigenvalue weighted by atomic mass is 35.5. The Hall–Kier alpha value is -6.54. The van der Waals surface area contributed by atoms with Crippen molar-refractivity contribution in [3.8, 4) is 0 Å². The van der Waals surface area contributed by atoms with Gasteiger partial charge in [0, 0.05) is 84.1 Å². The Bertz CT molecular complexity index is 3930. The minimum Gasteiger partial charge on any atom is -0.450 e. The average molecular weight is 1460 g/mol. The molecule has 6 aromatic rings. The molecule has 6 heterocycles. The third kappa shape index (κ3) is 17.3. The van der Waals surface area contributed by atoms with E-state index < -0.39 is 32.0 Å². The fourth-order valence-corrected chi connectivity index (χ4v) is 19.4. The van der Waals surface area contributed by atoms with Crippen LogP contribution >= 0.6 is 50.0 Å². The number of ether oxygens (including phenoxy) is 3. The number of fused-ring (bicyclic) bond motifs is 6. The molecule has 3 aromatic heterocycles. The summed E-state index contributed by atoms with van der Waals surface area (Å²) in [6.07, 6.45) is 12.3. The van der Waals surface area contributed by atoms with Crippen LogP contribution in [0.1, 0.15) is 159 Å². The van der Waals surface area contributed by atoms with Gasteiger partial charge in [-0.1, -0.05) is 70.7 Å². The Morgan fingerprint density at radius 2 is 0.919 bits per heavy atom. The molecule has 3 amide bonds. The standard InChI is InChI=1S/C26H34ClN2O6P.C22H23ClN2O2.C14H10ClNO.C12H24NO5P/c1-4-33-24(30)29-16-13-25(14-17-29,36(32,34-5-2)35-6-3)26(31)22-12-11-21(27)18-20(22)10-9-19-8-7-15-28-23(19)26;1-2-27-22(26)25-12-9-15(10-13-25)20-19-8-7-18(23)14-17(19)6-5-16-4-3-11-24-21(16)20;15-11-5-6-12-10(8-11)4-3-9-2-1-7-16-13(9)14(12)17;1-4-16-12(14)13-9-7-11(8-10-13)19(15,17-5-2)18-6-3/h7-8,11-12,15,18,31H,4-6,9-10,13-14,16-17H2,1-3H3;3-4,7-8,11,14H,2,5-6,9-10,12-13H2,1H3;1-2,5-8H,3-4H2;11H,4-10H2,1-3H3. The molecule has 532 valence electrons. The molecular formula is C74H91Cl3N6O14P2. The molecule has 1 atom stereocenters. The Morgan fingerprint density at radius 3 is 1.45 bits per heavy atom. The molecular weight excluding hydrogens is 1370 g/mol. The van der Waals surface area contributed by atoms with Crippen molar-refractivity contribution in [1.29, 1.82) is 0 Å². The number of hydrogen-bond donors (Lipinski definition) is 1. The number of aromatic nitrogens is 3. The second-order valence-electron chi connectivity index (χ2n) is 24.5. The number of aryl methyl sites for hydroxylation is 6. The van der Waals surface area contributed by atoms with Crippen LogP contribution in [0.4, 0.5) is 14.4 Å². The Morgan fingerprint density at radius 1 is 0.495 bits per heavy atom. The van der Waals surface area contributed by atoms with Crippen molar-refractivity contribution in [3.05, 3.63) is 197 Å². The third-order valence-corrected chi connectivity index (χ3v) is 25.1. The fourth-order valence-electron chi connectivity index (χ4n) is 14.2. The SMILES string of the molecule is CCOC(=O)N1CCC(=C2c3ccc(Cl)cc3CCc3cccnc32)CC1.CCOC(=O)N1CCC(C2(O)c3ccc(Cl)cc3CCc3cccnc32)(P(=O)(OCC)OCC)CC1.CCOC(=O)N1CCC(P(=O)(OCC)OCC)CC1.O=C1c2ccc(Cl)cc2CCc2cccnc21. The molecule has 3 aliphatic carbocycles. The monoisotopic (exact) mass is 1450 g/mol. The zero-order chi connectivity index (χ0) is 70.9. The van der Waals surface area contributed by atoms with Gasteiger partial charge in [0.05, 0.1) is 63.3 Å². The van der Waals surface area contributed by atoms with Crippen molar-refractivity contribution in [1.82, 2.24) is 29.7 Å². The van der Waals surface area contributed by atoms with Crippen LogP contribution in [0.25, 0.3) is 5.57 Å². The maximum Gasteiger partial charge on any atom is 0.409 e. The van der Waals surface area contributed by atoms with E-state index in [2.05, 4.69) is 28.2 Å². The second-order valence-corrected chi connectivity index (χ2v) is 30.5. The lowest BCUT2D eigenvalue weighted by atomic mass is 9.71. The first-order chi connectivity index (χ1) is 47.8. The summed E-state index contributed by atoms with van der Waals surface area (Å²) in [6.45, 7) is 17.4. The number of benzene rings is 3. The summed E-state index contributed by atoms with van der Waals surface area (Å²) in [5.41, 5.74) is 11.6. The van der Waals surface area contributed by atoms with Gasteiger partial charge in [0.1, 0.15) is 16.5 Å². The van der Waals surface area contributed by atoms with Crippen LogP contribution in [-0.2, 0) is 85.6 Å². The molecule has 0 saturated carbocycles. The Balaban J connectivity index is 0.000000161. The normalized spacial score (nSPS) is 18.0. The number of hydrogen-bond acceptors (Lipinski definition) is 17. The molecule has 6 aliphatic rings. The summed E-state index contributed by atoms with van der Waals surface area (Å²) in [7, 11) is -7.02. The summed E-state index contributed by atoms with van der Waals surface area (Å²) < 4.78 is 65.3. The van der Waals surface area contributed by atoms with Crippen LogP contribution in [0.5, 0.6) is 0 Å². The lowest BCUT2D eigenvalue weighted by molar-refractivity contribution is -0.0182. The summed E-state index contributed by atoms with van der Waals surface area (Å²) in [4.78, 5) is 67.1. The van der Waals surface area contributed by atoms with Crippen molar-refractivity contribution in [3.63, 3.8) is 0 Å². The van der Waals surface area contributed by atoms with Gasteiger partial charge >= 0.3 is 33.5 Å². The van der Waals surface area contributed by atoms with Gasteiger partial charge in [-0.2, -0.15) is 0 Å². The largest absolute Gasteiger partial charge is 0.450 e. The molecule has 25 heteroatoms. The van der Waals surface area contributed by atoms with Crippen LogP contribution < -0.4 is 0 Å². The topological polar surface area (TPSA) is 236 Å². The lowest BCUT2D eigenvalue weighted by Gasteiger charge is -2.53. The molecule has 12 rings (SSSR count). The maximum absolute atomic E-state index is 14.8. The zero-order valence-electron chi connectivity index (χ0n) is 57.6. The number of carbonyl (C=O) groups is 4. The number of carbonyl (C=O) groups excluding carboxylic acids is 4. The molecule has 3 aliphatic heterocycles. The summed E-state index contributed by atoms with van der Waals surface area (Å²) in [6, 6.07) is 28.8. The van der Waals surface area contributed by atoms with Gasteiger partial charge in [-0.25, -0.2) is 14.4 Å². The highest BCUT2D eigenvalue weighted by Gasteiger charge is 2.67. The lowest BCUT2D eigenvalue weighted by Crippen LogP contribution is -2.59. The first kappa shape index (κ1) is 76.6. The van der Waals surface area contributed by atoms with Crippen LogP contribution in [-0.4, -0.2) is 155 Å². The van der Waals surface area contributed by atoms with Crippen molar-refractivity contribution in [2.24, 2.45) is 0 Å². The predicted molar refractivity (Wildman–Crippen MR) is 383 cm³/mol. The average Bonchev–Trinajstić information content (AvgIpc) is 1.64. The number of nitrogens with zero attached hydrogens (tertiary/aromatic N) is 6. The van der Waals surface area contributed by atoms with Crippen molar-refractivity contribution >= 4 is 79.6 Å². The van der Waals surface area contributed by atoms with E-state index in [1.165, 1.54) is 27.8 Å². The molecule has 0 spiro atoms. The molecule has 3 saturated heterocycles. The van der Waals surface area contributed by atoms with Gasteiger partial charge in [0.25, 0.3) is 0 Å². The minimum atomic E-state index is -3.98. The maximum atomic E-state index is 14.8. The van der Waals surface area contributed by atoms with E-state index in [1.807, 2.05) is 61.7 Å². The first-order valence-corrected chi connectivity index (χ1v) is 38.8. The van der Waals surface area contributed by atoms with E-state index in [1.54, 1.807) is 92.9 Å². The van der Waals surface area contributed by atoms with Crippen LogP contribution in [0.15, 0.2) is 115 Å². The van der Waals surface area contributed by atoms with Gasteiger partial charge in [-0.05, 0) is 231 Å². The zero-order valence-corrected chi connectivity index (χ0v) is 61.7. The van der Waals surface area contributed by atoms with Crippen molar-refractivity contribution in [2.45, 2.75) is 142 Å². The summed E-state index contributed by atoms with van der Waals surface area (Å²) in [5.74, 6) is 0.00441. The van der Waals surface area contributed by atoms with Gasteiger partial charge < -0.3 is 52.1 Å².